The van der Waals surface area contributed by atoms with Gasteiger partial charge < -0.3 is 11.1 Å². The van der Waals surface area contributed by atoms with E-state index in [1.165, 1.54) is 0 Å². The van der Waals surface area contributed by atoms with E-state index in [0.717, 1.165) is 11.1 Å². The summed E-state index contributed by atoms with van der Waals surface area (Å²) < 4.78 is 0. The maximum absolute atomic E-state index is 12.0. The molecule has 0 bridgehead atoms. The largest absolute Gasteiger partial charge is 0.348 e. The van der Waals surface area contributed by atoms with Crippen LogP contribution in [-0.2, 0) is 6.54 Å². The number of hydrogen-bond acceptors (Lipinski definition) is 2. The van der Waals surface area contributed by atoms with Crippen LogP contribution in [0.15, 0.2) is 48.5 Å². The summed E-state index contributed by atoms with van der Waals surface area (Å²) in [5.74, 6) is 5.61. The number of nitrogens with one attached hydrogen (secondary N) is 1. The Morgan fingerprint density at radius 3 is 2.76 bits per heavy atom. The van der Waals surface area contributed by atoms with Crippen LogP contribution in [0, 0.1) is 11.8 Å². The first-order valence-electron chi connectivity index (χ1n) is 6.50. The number of halogens is 1. The predicted molar refractivity (Wildman–Crippen MR) is 85.0 cm³/mol. The monoisotopic (exact) mass is 298 g/mol. The van der Waals surface area contributed by atoms with E-state index in [0.29, 0.717) is 23.7 Å². The fourth-order valence-electron chi connectivity index (χ4n) is 1.83. The lowest BCUT2D eigenvalue weighted by atomic mass is 10.1. The highest BCUT2D eigenvalue weighted by Crippen LogP contribution is 2.11. The molecular weight excluding hydrogens is 284 g/mol. The second kappa shape index (κ2) is 7.49. The Morgan fingerprint density at radius 1 is 1.19 bits per heavy atom. The molecule has 4 heteroatoms. The maximum Gasteiger partial charge on any atom is 0.251 e. The maximum atomic E-state index is 12.0. The molecule has 106 valence electrons. The SMILES string of the molecule is NCC#Cc1cccc(CNC(=O)c2cccc(Cl)c2)c1. The average molecular weight is 299 g/mol. The molecule has 0 aliphatic rings. The van der Waals surface area contributed by atoms with Gasteiger partial charge in [-0.15, -0.1) is 0 Å². The number of nitrogens with two attached hydrogens (primary N) is 1. The van der Waals surface area contributed by atoms with E-state index in [1.54, 1.807) is 24.3 Å². The molecular formula is C17H15ClN2O. The van der Waals surface area contributed by atoms with Gasteiger partial charge in [-0.2, -0.15) is 0 Å². The Labute approximate surface area is 129 Å². The minimum atomic E-state index is -0.157. The summed E-state index contributed by atoms with van der Waals surface area (Å²) in [5.41, 5.74) is 7.76. The zero-order valence-electron chi connectivity index (χ0n) is 11.4. The lowest BCUT2D eigenvalue weighted by molar-refractivity contribution is 0.0951. The Hall–Kier alpha value is -2.28. The highest BCUT2D eigenvalue weighted by molar-refractivity contribution is 6.30. The Balaban J connectivity index is 2.01. The van der Waals surface area contributed by atoms with Crippen molar-refractivity contribution < 1.29 is 4.79 Å². The van der Waals surface area contributed by atoms with Gasteiger partial charge in [-0.05, 0) is 35.9 Å². The molecule has 0 aliphatic heterocycles. The van der Waals surface area contributed by atoms with Crippen molar-refractivity contribution in [1.82, 2.24) is 5.32 Å². The summed E-state index contributed by atoms with van der Waals surface area (Å²) in [6, 6.07) is 14.5. The third-order valence-electron chi connectivity index (χ3n) is 2.80. The number of hydrogen-bond donors (Lipinski definition) is 2. The molecule has 1 amide bonds. The van der Waals surface area contributed by atoms with Gasteiger partial charge in [-0.1, -0.05) is 41.6 Å². The highest BCUT2D eigenvalue weighted by Gasteiger charge is 2.05. The first-order valence-corrected chi connectivity index (χ1v) is 6.88. The Kier molecular flexibility index (Phi) is 5.39. The standard InChI is InChI=1S/C17H15ClN2O/c18-16-8-2-7-15(11-16)17(21)20-12-14-5-1-4-13(10-14)6-3-9-19/h1-2,4-5,7-8,10-11H,9,12,19H2,(H,20,21). The minimum absolute atomic E-state index is 0.157. The third kappa shape index (κ3) is 4.64. The van der Waals surface area contributed by atoms with Gasteiger partial charge in [0, 0.05) is 22.7 Å². The molecule has 0 spiro atoms. The zero-order chi connectivity index (χ0) is 15.1. The molecule has 0 aliphatic carbocycles. The zero-order valence-corrected chi connectivity index (χ0v) is 12.2. The van der Waals surface area contributed by atoms with E-state index in [9.17, 15) is 4.79 Å². The number of benzene rings is 2. The quantitative estimate of drug-likeness (QED) is 0.856. The van der Waals surface area contributed by atoms with Gasteiger partial charge >= 0.3 is 0 Å². The highest BCUT2D eigenvalue weighted by atomic mass is 35.5. The van der Waals surface area contributed by atoms with E-state index in [-0.39, 0.29) is 5.91 Å². The average Bonchev–Trinajstić information content (AvgIpc) is 2.51. The van der Waals surface area contributed by atoms with Crippen LogP contribution >= 0.6 is 11.6 Å². The molecule has 0 heterocycles. The molecule has 2 rings (SSSR count). The third-order valence-corrected chi connectivity index (χ3v) is 3.04. The summed E-state index contributed by atoms with van der Waals surface area (Å²) in [4.78, 5) is 12.0. The van der Waals surface area contributed by atoms with Crippen molar-refractivity contribution in [3.8, 4) is 11.8 Å². The molecule has 0 aromatic heterocycles. The molecule has 0 fully saturated rings. The van der Waals surface area contributed by atoms with E-state index in [2.05, 4.69) is 17.2 Å². The molecule has 3 nitrogen and oxygen atoms in total. The van der Waals surface area contributed by atoms with Crippen LogP contribution in [0.4, 0.5) is 0 Å². The van der Waals surface area contributed by atoms with Gasteiger partial charge in [0.1, 0.15) is 0 Å². The van der Waals surface area contributed by atoms with Gasteiger partial charge in [0.2, 0.25) is 0 Å². The number of amides is 1. The molecule has 0 unspecified atom stereocenters. The molecule has 0 atom stereocenters. The van der Waals surface area contributed by atoms with Gasteiger partial charge in [-0.3, -0.25) is 4.79 Å². The molecule has 21 heavy (non-hydrogen) atoms. The van der Waals surface area contributed by atoms with Crippen molar-refractivity contribution in [3.63, 3.8) is 0 Å². The van der Waals surface area contributed by atoms with Gasteiger partial charge in [0.25, 0.3) is 5.91 Å². The van der Waals surface area contributed by atoms with Crippen molar-refractivity contribution in [3.05, 3.63) is 70.2 Å². The van der Waals surface area contributed by atoms with Crippen LogP contribution in [-0.4, -0.2) is 12.5 Å². The van der Waals surface area contributed by atoms with Crippen molar-refractivity contribution in [2.24, 2.45) is 5.73 Å². The second-order valence-electron chi connectivity index (χ2n) is 4.40. The van der Waals surface area contributed by atoms with Crippen molar-refractivity contribution >= 4 is 17.5 Å². The number of rotatable bonds is 3. The first kappa shape index (κ1) is 15.1. The smallest absolute Gasteiger partial charge is 0.251 e. The molecule has 0 saturated carbocycles. The fraction of sp³-hybridized carbons (Fsp3) is 0.118. The molecule has 3 N–H and O–H groups in total. The lowest BCUT2D eigenvalue weighted by Gasteiger charge is -2.06. The van der Waals surface area contributed by atoms with E-state index in [4.69, 9.17) is 17.3 Å². The van der Waals surface area contributed by atoms with E-state index in [1.807, 2.05) is 24.3 Å². The van der Waals surface area contributed by atoms with E-state index >= 15 is 0 Å². The Morgan fingerprint density at radius 2 is 2.00 bits per heavy atom. The first-order chi connectivity index (χ1) is 10.2. The van der Waals surface area contributed by atoms with Crippen LogP contribution in [0.25, 0.3) is 0 Å². The van der Waals surface area contributed by atoms with Crippen molar-refractivity contribution in [1.29, 1.82) is 0 Å². The molecule has 0 saturated heterocycles. The van der Waals surface area contributed by atoms with Crippen molar-refractivity contribution in [2.75, 3.05) is 6.54 Å². The van der Waals surface area contributed by atoms with E-state index < -0.39 is 0 Å². The molecule has 2 aromatic carbocycles. The Bertz CT molecular complexity index is 701. The van der Waals surface area contributed by atoms with Gasteiger partial charge in [0.05, 0.1) is 6.54 Å². The normalized spacial score (nSPS) is 9.62. The van der Waals surface area contributed by atoms with Crippen LogP contribution in [0.5, 0.6) is 0 Å². The van der Waals surface area contributed by atoms with Crippen molar-refractivity contribution in [2.45, 2.75) is 6.54 Å². The summed E-state index contributed by atoms with van der Waals surface area (Å²) >= 11 is 5.87. The number of carbonyl (C=O) groups excluding carboxylic acids is 1. The van der Waals surface area contributed by atoms with Gasteiger partial charge in [0.15, 0.2) is 0 Å². The minimum Gasteiger partial charge on any atom is -0.348 e. The molecule has 2 aromatic rings. The summed E-state index contributed by atoms with van der Waals surface area (Å²) in [5, 5.41) is 3.40. The van der Waals surface area contributed by atoms with Gasteiger partial charge in [-0.25, -0.2) is 0 Å². The second-order valence-corrected chi connectivity index (χ2v) is 4.84. The fourth-order valence-corrected chi connectivity index (χ4v) is 2.02. The number of carbonyl (C=O) groups is 1. The predicted octanol–water partition coefficient (Wildman–Crippen LogP) is 2.58. The lowest BCUT2D eigenvalue weighted by Crippen LogP contribution is -2.22. The van der Waals surface area contributed by atoms with Crippen LogP contribution < -0.4 is 11.1 Å². The van der Waals surface area contributed by atoms with Crippen LogP contribution in [0.1, 0.15) is 21.5 Å². The summed E-state index contributed by atoms with van der Waals surface area (Å²) in [7, 11) is 0. The van der Waals surface area contributed by atoms with Crippen LogP contribution in [0.2, 0.25) is 5.02 Å². The topological polar surface area (TPSA) is 55.1 Å². The summed E-state index contributed by atoms with van der Waals surface area (Å²) in [6.45, 7) is 0.763. The van der Waals surface area contributed by atoms with Crippen LogP contribution in [0.3, 0.4) is 0 Å². The summed E-state index contributed by atoms with van der Waals surface area (Å²) in [6.07, 6.45) is 0. The molecule has 0 radical (unpaired) electrons.